The highest BCUT2D eigenvalue weighted by atomic mass is 31.1. The van der Waals surface area contributed by atoms with E-state index in [1.165, 1.54) is 52.6 Å². The van der Waals surface area contributed by atoms with E-state index < -0.39 is 0 Å². The van der Waals surface area contributed by atoms with Gasteiger partial charge in [0.05, 0.1) is 11.3 Å². The van der Waals surface area contributed by atoms with Crippen molar-refractivity contribution in [3.8, 4) is 5.75 Å². The third-order valence-electron chi connectivity index (χ3n) is 10.1. The van der Waals surface area contributed by atoms with Crippen LogP contribution in [0.5, 0.6) is 5.75 Å². The molecule has 1 aliphatic rings. The Kier molecular flexibility index (Phi) is 14.5. The Balaban J connectivity index is 0.00000276. The van der Waals surface area contributed by atoms with Crippen LogP contribution in [0.1, 0.15) is 81.6 Å². The van der Waals surface area contributed by atoms with Gasteiger partial charge in [0, 0.05) is 30.5 Å². The van der Waals surface area contributed by atoms with Crippen molar-refractivity contribution in [3.05, 3.63) is 141 Å². The fraction of sp³-hybridized carbons (Fsp3) is 0.386. The lowest BCUT2D eigenvalue weighted by Crippen LogP contribution is -2.47. The van der Waals surface area contributed by atoms with Crippen LogP contribution in [0.3, 0.4) is 0 Å². The number of aryl methyl sites for hydroxylation is 6. The Bertz CT molecular complexity index is 1740. The minimum atomic E-state index is -0.304. The molecule has 0 heterocycles. The van der Waals surface area contributed by atoms with E-state index in [0.717, 1.165) is 49.2 Å². The summed E-state index contributed by atoms with van der Waals surface area (Å²) in [7, 11) is 0.579. The van der Waals surface area contributed by atoms with Gasteiger partial charge >= 0.3 is 0 Å². The zero-order chi connectivity index (χ0) is 36.2. The Morgan fingerprint density at radius 1 is 0.880 bits per heavy atom. The van der Waals surface area contributed by atoms with E-state index >= 15 is 0 Å². The molecule has 0 saturated heterocycles. The zero-order valence-corrected chi connectivity index (χ0v) is 32.1. The van der Waals surface area contributed by atoms with Crippen molar-refractivity contribution in [2.45, 2.75) is 91.3 Å². The van der Waals surface area contributed by atoms with Crippen molar-refractivity contribution in [1.82, 2.24) is 10.2 Å². The highest BCUT2D eigenvalue weighted by Crippen LogP contribution is 2.30. The summed E-state index contributed by atoms with van der Waals surface area (Å²) in [6.07, 6.45) is 7.07. The van der Waals surface area contributed by atoms with Crippen molar-refractivity contribution in [2.75, 3.05) is 25.5 Å². The topological polar surface area (TPSA) is 78.6 Å². The number of phenolic OH excluding ortho intramolecular Hbond substituents is 1. The number of carbonyl (C=O) groups excluding carboxylic acids is 1. The molecular formula is C44H58N3O2P. The number of anilines is 1. The van der Waals surface area contributed by atoms with E-state index in [9.17, 15) is 9.90 Å². The number of nitrogens with one attached hydrogen (secondary N) is 1. The van der Waals surface area contributed by atoms with Gasteiger partial charge in [-0.2, -0.15) is 0 Å². The fourth-order valence-electron chi connectivity index (χ4n) is 6.79. The lowest BCUT2D eigenvalue weighted by atomic mass is 9.99. The van der Waals surface area contributed by atoms with Gasteiger partial charge in [0.1, 0.15) is 0 Å². The molecule has 4 aromatic carbocycles. The maximum atomic E-state index is 13.7. The summed E-state index contributed by atoms with van der Waals surface area (Å²) >= 11 is 0. The Morgan fingerprint density at radius 2 is 1.56 bits per heavy atom. The minimum absolute atomic E-state index is 0.153. The summed E-state index contributed by atoms with van der Waals surface area (Å²) in [6, 6.07) is 27.4. The number of aromatic hydroxyl groups is 1. The third-order valence-corrected chi connectivity index (χ3v) is 11.4. The third kappa shape index (κ3) is 10.2. The molecule has 0 saturated carbocycles. The quantitative estimate of drug-likeness (QED) is 0.0660. The number of rotatable bonds is 15. The van der Waals surface area contributed by atoms with Crippen LogP contribution >= 0.6 is 8.58 Å². The second-order valence-electron chi connectivity index (χ2n) is 13.5. The van der Waals surface area contributed by atoms with Crippen molar-refractivity contribution >= 4 is 20.2 Å². The number of nitrogen functional groups attached to an aromatic ring is 1. The Labute approximate surface area is 303 Å². The largest absolute Gasteiger partial charge is 0.505 e. The molecule has 4 aromatic rings. The number of carbonyl (C=O) groups is 1. The highest BCUT2D eigenvalue weighted by molar-refractivity contribution is 7.38. The van der Waals surface area contributed by atoms with Gasteiger partial charge in [-0.1, -0.05) is 93.2 Å². The number of nitrogens with zero attached hydrogens (tertiary/aromatic N) is 1. The fourth-order valence-corrected chi connectivity index (χ4v) is 7.79. The van der Waals surface area contributed by atoms with Crippen LogP contribution in [-0.4, -0.2) is 47.4 Å². The van der Waals surface area contributed by atoms with Crippen molar-refractivity contribution < 1.29 is 9.90 Å². The van der Waals surface area contributed by atoms with Gasteiger partial charge in [0.15, 0.2) is 5.75 Å². The Morgan fingerprint density at radius 3 is 2.28 bits per heavy atom. The summed E-state index contributed by atoms with van der Waals surface area (Å²) < 4.78 is 0. The lowest BCUT2D eigenvalue weighted by Gasteiger charge is -2.35. The van der Waals surface area contributed by atoms with Crippen LogP contribution in [0.15, 0.2) is 91.1 Å². The van der Waals surface area contributed by atoms with E-state index in [0.29, 0.717) is 15.0 Å². The number of benzene rings is 4. The summed E-state index contributed by atoms with van der Waals surface area (Å²) in [6.45, 7) is 18.7. The lowest BCUT2D eigenvalue weighted by molar-refractivity contribution is 0.0931. The molecule has 0 aliphatic heterocycles. The van der Waals surface area contributed by atoms with Crippen molar-refractivity contribution in [1.29, 1.82) is 0 Å². The maximum absolute atomic E-state index is 13.7. The molecule has 1 aliphatic carbocycles. The van der Waals surface area contributed by atoms with Crippen molar-refractivity contribution in [2.24, 2.45) is 0 Å². The van der Waals surface area contributed by atoms with E-state index in [1.807, 2.05) is 39.0 Å². The number of nitrogens with two attached hydrogens (primary N) is 1. The van der Waals surface area contributed by atoms with E-state index in [2.05, 4.69) is 85.8 Å². The van der Waals surface area contributed by atoms with E-state index in [1.54, 1.807) is 12.1 Å². The molecule has 0 radical (unpaired) electrons. The molecule has 2 unspecified atom stereocenters. The van der Waals surface area contributed by atoms with Gasteiger partial charge in [-0.3, -0.25) is 4.79 Å². The number of amides is 1. The molecule has 50 heavy (non-hydrogen) atoms. The summed E-state index contributed by atoms with van der Waals surface area (Å²) in [4.78, 5) is 16.2. The van der Waals surface area contributed by atoms with Crippen LogP contribution in [0.4, 0.5) is 5.69 Å². The highest BCUT2D eigenvalue weighted by Gasteiger charge is 2.27. The maximum Gasteiger partial charge on any atom is 0.255 e. The van der Waals surface area contributed by atoms with Gasteiger partial charge in [0.2, 0.25) is 0 Å². The number of hydrogen-bond donors (Lipinski definition) is 3. The van der Waals surface area contributed by atoms with Crippen molar-refractivity contribution in [3.63, 3.8) is 0 Å². The van der Waals surface area contributed by atoms with Crippen LogP contribution < -0.4 is 11.1 Å². The first-order valence-corrected chi connectivity index (χ1v) is 19.9. The number of fused-ring (bicyclic) bond motifs is 1. The van der Waals surface area contributed by atoms with Gasteiger partial charge < -0.3 is 21.1 Å². The van der Waals surface area contributed by atoms with Gasteiger partial charge in [-0.05, 0) is 123 Å². The average Bonchev–Trinajstić information content (AvgIpc) is 3.60. The van der Waals surface area contributed by atoms with Crippen LogP contribution in [0.25, 0.3) is 0 Å². The van der Waals surface area contributed by atoms with E-state index in [4.69, 9.17) is 5.73 Å². The number of phenols is 1. The molecule has 5 rings (SSSR count). The Hall–Kier alpha value is -4.08. The van der Waals surface area contributed by atoms with Gasteiger partial charge in [-0.15, -0.1) is 8.58 Å². The standard InChI is InChI=1S/C42H52N3O2P.C2H6/c1-28-14-17-33(24-30(28)3)18-16-31(4)45(23-22-34-19-20-35-12-9-13-36(35)25-34)27-39(48-5)38(26-32-10-7-6-8-11-32)44-42(47)37-21-15-29(2)40(43)41(37)46;1-2/h6-8,10-11,14-15,17,19-21,24-25,38-39,46,48H,4,9,12-13,16,18,22-23,26-27,43H2,1-3,5H3,(H,44,47);1-2H3/t38-,39?;/m0./s1. The number of allylic oxidation sites excluding steroid dienone is 1. The molecule has 4 N–H and O–H groups in total. The SMILES string of the molecule is C=C(CCc1ccc(C)c(C)c1)N(CCc1ccc2c(c1)CCC2)CC(PC)[C@H](Cc1ccccc1)NC(=O)c1ccc(C)c(N)c1O.CC. The molecule has 6 heteroatoms. The number of hydrogen-bond acceptors (Lipinski definition) is 4. The predicted molar refractivity (Wildman–Crippen MR) is 215 cm³/mol. The molecule has 0 aromatic heterocycles. The smallest absolute Gasteiger partial charge is 0.255 e. The normalized spacial score (nSPS) is 13.3. The molecule has 5 nitrogen and oxygen atoms in total. The summed E-state index contributed by atoms with van der Waals surface area (Å²) in [5, 5.41) is 14.1. The molecule has 0 fully saturated rings. The van der Waals surface area contributed by atoms with Gasteiger partial charge in [-0.25, -0.2) is 0 Å². The molecule has 266 valence electrons. The van der Waals surface area contributed by atoms with Crippen LogP contribution in [0, 0.1) is 20.8 Å². The summed E-state index contributed by atoms with van der Waals surface area (Å²) in [5.74, 6) is -0.459. The summed E-state index contributed by atoms with van der Waals surface area (Å²) in [5.41, 5.74) is 18.1. The first-order chi connectivity index (χ1) is 24.1. The van der Waals surface area contributed by atoms with Gasteiger partial charge in [0.25, 0.3) is 5.91 Å². The zero-order valence-electron chi connectivity index (χ0n) is 31.1. The molecule has 0 bridgehead atoms. The van der Waals surface area contributed by atoms with Crippen LogP contribution in [-0.2, 0) is 32.1 Å². The molecule has 0 spiro atoms. The first-order valence-electron chi connectivity index (χ1n) is 18.3. The molecule has 3 atom stereocenters. The second kappa shape index (κ2) is 18.8. The van der Waals surface area contributed by atoms with E-state index in [-0.39, 0.29) is 34.6 Å². The average molecular weight is 692 g/mol. The first kappa shape index (κ1) is 38.7. The monoisotopic (exact) mass is 691 g/mol. The molecular weight excluding hydrogens is 633 g/mol. The minimum Gasteiger partial charge on any atom is -0.505 e. The predicted octanol–water partition coefficient (Wildman–Crippen LogP) is 9.12. The van der Waals surface area contributed by atoms with Crippen LogP contribution in [0.2, 0.25) is 0 Å². The molecule has 1 amide bonds. The second-order valence-corrected chi connectivity index (χ2v) is 14.8.